The lowest BCUT2D eigenvalue weighted by Crippen LogP contribution is -2.49. The summed E-state index contributed by atoms with van der Waals surface area (Å²) in [6.45, 7) is 4.38. The maximum Gasteiger partial charge on any atom is 0.418 e. The highest BCUT2D eigenvalue weighted by Crippen LogP contribution is 2.49. The lowest BCUT2D eigenvalue weighted by Gasteiger charge is -2.42. The molecule has 6 nitrogen and oxygen atoms in total. The Labute approximate surface area is 240 Å². The second kappa shape index (κ2) is 10.3. The van der Waals surface area contributed by atoms with E-state index in [9.17, 15) is 26.3 Å². The Morgan fingerprint density at radius 3 is 2.31 bits per heavy atom. The number of nitrogens with zero attached hydrogens (tertiary/aromatic N) is 6. The van der Waals surface area contributed by atoms with Crippen LogP contribution in [0, 0.1) is 0 Å². The number of aryl methyl sites for hydroxylation is 1. The molecule has 1 aliphatic carbocycles. The van der Waals surface area contributed by atoms with Crippen molar-refractivity contribution < 1.29 is 26.3 Å². The second-order valence-electron chi connectivity index (χ2n) is 11.6. The third-order valence-corrected chi connectivity index (χ3v) is 8.97. The van der Waals surface area contributed by atoms with Crippen LogP contribution in [0.15, 0.2) is 78.3 Å². The van der Waals surface area contributed by atoms with Gasteiger partial charge in [-0.3, -0.25) is 4.90 Å². The summed E-state index contributed by atoms with van der Waals surface area (Å²) in [7, 11) is 1.89. The molecule has 1 unspecified atom stereocenters. The third kappa shape index (κ3) is 5.03. The Morgan fingerprint density at radius 2 is 1.71 bits per heavy atom. The first-order valence-electron chi connectivity index (χ1n) is 14.1. The molecular formula is C30H32F6N6. The molecule has 0 N–H and O–H groups in total. The van der Waals surface area contributed by atoms with E-state index in [1.165, 1.54) is 22.2 Å². The van der Waals surface area contributed by atoms with Gasteiger partial charge in [0.25, 0.3) is 0 Å². The highest BCUT2D eigenvalue weighted by molar-refractivity contribution is 5.64. The fourth-order valence-corrected chi connectivity index (χ4v) is 6.59. The fraction of sp³-hybridized carbons (Fsp3) is 0.467. The molecule has 12 heteroatoms. The molecule has 1 atom stereocenters. The normalized spacial score (nSPS) is 21.9. The summed E-state index contributed by atoms with van der Waals surface area (Å²) in [5, 5.41) is 8.23. The lowest BCUT2D eigenvalue weighted by atomic mass is 9.62. The predicted molar refractivity (Wildman–Crippen MR) is 146 cm³/mol. The average Bonchev–Trinajstić information content (AvgIpc) is 3.47. The maximum atomic E-state index is 14.4. The number of hydrogen-bond acceptors (Lipinski definition) is 5. The number of fused-ring (bicyclic) bond motifs is 1. The van der Waals surface area contributed by atoms with Crippen molar-refractivity contribution in [1.82, 2.24) is 24.6 Å². The Morgan fingerprint density at radius 1 is 0.976 bits per heavy atom. The van der Waals surface area contributed by atoms with Crippen LogP contribution in [0.25, 0.3) is 0 Å². The van der Waals surface area contributed by atoms with Crippen molar-refractivity contribution in [3.63, 3.8) is 0 Å². The number of anilines is 1. The Kier molecular flexibility index (Phi) is 7.02. The van der Waals surface area contributed by atoms with Gasteiger partial charge in [0.05, 0.1) is 11.3 Å². The van der Waals surface area contributed by atoms with Gasteiger partial charge < -0.3 is 14.4 Å². The predicted octanol–water partition coefficient (Wildman–Crippen LogP) is 6.72. The number of allylic oxidation sites excluding steroid dienone is 1. The molecule has 0 spiro atoms. The number of likely N-dealkylation sites (tertiary alicyclic amines) is 1. The van der Waals surface area contributed by atoms with Crippen LogP contribution < -0.4 is 4.90 Å². The van der Waals surface area contributed by atoms with Crippen molar-refractivity contribution in [1.29, 1.82) is 0 Å². The molecule has 6 rings (SSSR count). The first-order chi connectivity index (χ1) is 19.9. The molecule has 1 aromatic carbocycles. The minimum Gasteiger partial charge on any atom is -0.321 e. The van der Waals surface area contributed by atoms with Crippen LogP contribution in [0.5, 0.6) is 0 Å². The summed E-state index contributed by atoms with van der Waals surface area (Å²) in [4.78, 5) is 3.91. The monoisotopic (exact) mass is 590 g/mol. The van der Waals surface area contributed by atoms with E-state index in [1.807, 2.05) is 29.8 Å². The van der Waals surface area contributed by atoms with E-state index < -0.39 is 29.5 Å². The summed E-state index contributed by atoms with van der Waals surface area (Å²) in [5.74, 6) is 0.973. The zero-order valence-corrected chi connectivity index (χ0v) is 23.2. The second-order valence-corrected chi connectivity index (χ2v) is 11.6. The molecule has 1 saturated carbocycles. The molecule has 0 bridgehead atoms. The number of alkyl halides is 6. The van der Waals surface area contributed by atoms with Crippen molar-refractivity contribution in [3.05, 3.63) is 89.7 Å². The zero-order valence-electron chi connectivity index (χ0n) is 23.2. The molecule has 0 radical (unpaired) electrons. The van der Waals surface area contributed by atoms with Gasteiger partial charge in [0.1, 0.15) is 24.0 Å². The van der Waals surface area contributed by atoms with E-state index in [1.54, 1.807) is 12.4 Å². The van der Waals surface area contributed by atoms with Crippen molar-refractivity contribution in [2.24, 2.45) is 7.05 Å². The summed E-state index contributed by atoms with van der Waals surface area (Å²) >= 11 is 0. The van der Waals surface area contributed by atoms with E-state index in [-0.39, 0.29) is 30.0 Å². The van der Waals surface area contributed by atoms with Gasteiger partial charge in [-0.1, -0.05) is 31.6 Å². The number of rotatable bonds is 6. The number of piperidine rings is 1. The molecule has 224 valence electrons. The summed E-state index contributed by atoms with van der Waals surface area (Å²) in [6.07, 6.45) is 0.688. The van der Waals surface area contributed by atoms with E-state index in [0.717, 1.165) is 42.0 Å². The summed E-state index contributed by atoms with van der Waals surface area (Å²) in [6, 6.07) is 5.42. The number of aromatic nitrogens is 3. The van der Waals surface area contributed by atoms with Crippen LogP contribution in [-0.4, -0.2) is 56.0 Å². The highest BCUT2D eigenvalue weighted by Gasteiger charge is 2.50. The van der Waals surface area contributed by atoms with Crippen LogP contribution in [0.2, 0.25) is 0 Å². The van der Waals surface area contributed by atoms with Crippen LogP contribution in [-0.2, 0) is 18.9 Å². The standard InChI is InChI=1S/C30H32F6N6/c1-20-41(23-9-6-8-22(15-23)28(10-7-11-28)16-26-38-37-19-39(26)2)18-25-24(29(31,32)33)14-21(17-42(20)25)27(30(34,35)36)40-12-4-3-5-13-40/h6,8-9,14-15,17-19,27H,1,3-5,7,10-13,16H2,2H3. The molecule has 0 amide bonds. The van der Waals surface area contributed by atoms with Crippen LogP contribution in [0.4, 0.5) is 32.0 Å². The van der Waals surface area contributed by atoms with Crippen molar-refractivity contribution in [2.75, 3.05) is 18.0 Å². The zero-order chi connectivity index (χ0) is 29.9. The molecule has 4 heterocycles. The molecule has 2 fully saturated rings. The Bertz CT molecular complexity index is 1450. The molecule has 2 aromatic rings. The summed E-state index contributed by atoms with van der Waals surface area (Å²) < 4.78 is 88.2. The van der Waals surface area contributed by atoms with Gasteiger partial charge in [0.15, 0.2) is 0 Å². The first-order valence-corrected chi connectivity index (χ1v) is 14.1. The van der Waals surface area contributed by atoms with Gasteiger partial charge in [-0.25, -0.2) is 0 Å². The first kappa shape index (κ1) is 28.6. The molecular weight excluding hydrogens is 558 g/mol. The van der Waals surface area contributed by atoms with E-state index in [4.69, 9.17) is 0 Å². The molecule has 1 aromatic heterocycles. The Hall–Kier alpha value is -3.54. The van der Waals surface area contributed by atoms with Crippen molar-refractivity contribution in [3.8, 4) is 0 Å². The van der Waals surface area contributed by atoms with Crippen molar-refractivity contribution in [2.45, 2.75) is 68.8 Å². The average molecular weight is 591 g/mol. The SMILES string of the molecule is C=C1N2C=C(C(N3CCCCC3)C(F)(F)F)C=C(C(F)(F)F)C2=CN1c1cccc(C2(Cc3nncn3C)CCC2)c1. The highest BCUT2D eigenvalue weighted by atomic mass is 19.4. The molecule has 4 aliphatic rings. The molecule has 42 heavy (non-hydrogen) atoms. The van der Waals surface area contributed by atoms with Gasteiger partial charge >= 0.3 is 12.4 Å². The summed E-state index contributed by atoms with van der Waals surface area (Å²) in [5.41, 5.74) is -0.389. The van der Waals surface area contributed by atoms with E-state index in [0.29, 0.717) is 31.0 Å². The lowest BCUT2D eigenvalue weighted by molar-refractivity contribution is -0.174. The van der Waals surface area contributed by atoms with Gasteiger partial charge in [-0.05, 0) is 68.1 Å². The molecule has 3 aliphatic heterocycles. The minimum absolute atomic E-state index is 0.130. The van der Waals surface area contributed by atoms with Crippen LogP contribution >= 0.6 is 0 Å². The van der Waals surface area contributed by atoms with E-state index >= 15 is 0 Å². The van der Waals surface area contributed by atoms with Crippen molar-refractivity contribution >= 4 is 5.69 Å². The molecule has 1 saturated heterocycles. The van der Waals surface area contributed by atoms with Crippen LogP contribution in [0.3, 0.4) is 0 Å². The Balaban J connectivity index is 1.36. The quantitative estimate of drug-likeness (QED) is 0.350. The van der Waals surface area contributed by atoms with Gasteiger partial charge in [-0.2, -0.15) is 26.3 Å². The maximum absolute atomic E-state index is 14.4. The van der Waals surface area contributed by atoms with Gasteiger partial charge in [0, 0.05) is 37.0 Å². The number of halogens is 6. The third-order valence-electron chi connectivity index (χ3n) is 8.97. The van der Waals surface area contributed by atoms with Gasteiger partial charge in [0.2, 0.25) is 0 Å². The smallest absolute Gasteiger partial charge is 0.321 e. The van der Waals surface area contributed by atoms with Gasteiger partial charge in [-0.15, -0.1) is 10.2 Å². The largest absolute Gasteiger partial charge is 0.418 e. The number of benzene rings is 1. The number of hydrogen-bond donors (Lipinski definition) is 0. The van der Waals surface area contributed by atoms with E-state index in [2.05, 4.69) is 16.8 Å². The topological polar surface area (TPSA) is 40.4 Å². The fourth-order valence-electron chi connectivity index (χ4n) is 6.59. The van der Waals surface area contributed by atoms with Crippen LogP contribution in [0.1, 0.15) is 49.9 Å². The minimum atomic E-state index is -4.87.